The van der Waals surface area contributed by atoms with Crippen molar-refractivity contribution in [1.29, 1.82) is 0 Å². The maximum absolute atomic E-state index is 11.5. The molecule has 0 bridgehead atoms. The van der Waals surface area contributed by atoms with Crippen LogP contribution >= 0.6 is 0 Å². The van der Waals surface area contributed by atoms with Crippen molar-refractivity contribution in [3.05, 3.63) is 0 Å². The number of nitrogens with one attached hydrogen (secondary N) is 1. The lowest BCUT2D eigenvalue weighted by atomic mass is 10.1. The van der Waals surface area contributed by atoms with Crippen molar-refractivity contribution >= 4 is 11.9 Å². The maximum Gasteiger partial charge on any atom is 0.328 e. The number of rotatable bonds is 2. The monoisotopic (exact) mass is 262 g/mol. The molecule has 5 atom stereocenters. The summed E-state index contributed by atoms with van der Waals surface area (Å²) in [5, 5.41) is 39.3. The van der Waals surface area contributed by atoms with Crippen LogP contribution in [-0.2, 0) is 9.53 Å². The van der Waals surface area contributed by atoms with E-state index in [1.165, 1.54) is 0 Å². The van der Waals surface area contributed by atoms with Crippen LogP contribution in [0.25, 0.3) is 0 Å². The van der Waals surface area contributed by atoms with Gasteiger partial charge in [0.2, 0.25) is 0 Å². The zero-order chi connectivity index (χ0) is 13.4. The van der Waals surface area contributed by atoms with E-state index in [2.05, 4.69) is 0 Å². The average Bonchev–Trinajstić information content (AvgIpc) is 2.67. The predicted octanol–water partition coefficient (Wildman–Crippen LogP) is -3.31. The number of aliphatic hydroxyl groups is 4. The van der Waals surface area contributed by atoms with Crippen LogP contribution in [0.1, 0.15) is 6.42 Å². The van der Waals surface area contributed by atoms with E-state index in [1.54, 1.807) is 0 Å². The van der Waals surface area contributed by atoms with Crippen LogP contribution in [0.4, 0.5) is 4.79 Å². The Morgan fingerprint density at radius 3 is 2.56 bits per heavy atom. The van der Waals surface area contributed by atoms with Crippen LogP contribution in [0.3, 0.4) is 0 Å². The molecule has 0 spiro atoms. The van der Waals surface area contributed by atoms with Crippen molar-refractivity contribution in [3.63, 3.8) is 0 Å². The zero-order valence-corrected chi connectivity index (χ0v) is 9.26. The third-order valence-corrected chi connectivity index (χ3v) is 3.00. The van der Waals surface area contributed by atoms with Gasteiger partial charge in [0.25, 0.3) is 5.91 Å². The molecule has 0 aliphatic carbocycles. The molecule has 0 unspecified atom stereocenters. The van der Waals surface area contributed by atoms with E-state index in [9.17, 15) is 24.9 Å². The number of imide groups is 1. The molecule has 2 saturated heterocycles. The molecule has 2 aliphatic heterocycles. The second-order valence-electron chi connectivity index (χ2n) is 4.17. The standard InChI is InChI=1S/C9H14N2O7/c12-2-4-3(13)1-5(18-4)11-8(16)6(14)7(15)10-9(11)17/h3-6,8,12-14,16H,1-2H2,(H,10,15,17)/t3-,4+,5+,6+,8+/m0/s1. The summed E-state index contributed by atoms with van der Waals surface area (Å²) in [5.74, 6) is -0.999. The molecule has 0 saturated carbocycles. The van der Waals surface area contributed by atoms with Crippen molar-refractivity contribution in [3.8, 4) is 0 Å². The number of hydrogen-bond donors (Lipinski definition) is 5. The minimum atomic E-state index is -1.78. The van der Waals surface area contributed by atoms with Crippen LogP contribution in [-0.4, -0.2) is 74.6 Å². The van der Waals surface area contributed by atoms with Gasteiger partial charge < -0.3 is 25.2 Å². The molecule has 2 fully saturated rings. The highest BCUT2D eigenvalue weighted by atomic mass is 16.6. The minimum Gasteiger partial charge on any atom is -0.394 e. The van der Waals surface area contributed by atoms with E-state index >= 15 is 0 Å². The maximum atomic E-state index is 11.5. The van der Waals surface area contributed by atoms with Crippen LogP contribution in [0.5, 0.6) is 0 Å². The van der Waals surface area contributed by atoms with Gasteiger partial charge >= 0.3 is 6.03 Å². The molecular weight excluding hydrogens is 248 g/mol. The van der Waals surface area contributed by atoms with Crippen LogP contribution in [0.2, 0.25) is 0 Å². The van der Waals surface area contributed by atoms with E-state index in [0.717, 1.165) is 4.90 Å². The Morgan fingerprint density at radius 2 is 2.00 bits per heavy atom. The summed E-state index contributed by atoms with van der Waals surface area (Å²) in [6, 6.07) is -0.923. The molecule has 3 amide bonds. The fourth-order valence-electron chi connectivity index (χ4n) is 2.00. The van der Waals surface area contributed by atoms with Crippen molar-refractivity contribution in [1.82, 2.24) is 10.2 Å². The number of hydrogen-bond acceptors (Lipinski definition) is 7. The van der Waals surface area contributed by atoms with Crippen molar-refractivity contribution in [2.24, 2.45) is 0 Å². The molecule has 0 aromatic heterocycles. The topological polar surface area (TPSA) is 140 Å². The number of carbonyl (C=O) groups excluding carboxylic acids is 2. The molecule has 2 heterocycles. The van der Waals surface area contributed by atoms with Gasteiger partial charge in [-0.2, -0.15) is 0 Å². The normalized spacial score (nSPS) is 41.1. The summed E-state index contributed by atoms with van der Waals surface area (Å²) in [7, 11) is 0. The Morgan fingerprint density at radius 1 is 1.33 bits per heavy atom. The molecule has 2 aliphatic rings. The molecule has 18 heavy (non-hydrogen) atoms. The first-order chi connectivity index (χ1) is 8.45. The lowest BCUT2D eigenvalue weighted by Gasteiger charge is -2.37. The third kappa shape index (κ3) is 2.06. The number of urea groups is 1. The summed E-state index contributed by atoms with van der Waals surface area (Å²) < 4.78 is 5.17. The Kier molecular flexibility index (Phi) is 3.50. The first-order valence-electron chi connectivity index (χ1n) is 5.39. The van der Waals surface area contributed by atoms with Crippen LogP contribution in [0.15, 0.2) is 0 Å². The quantitative estimate of drug-likeness (QED) is 0.351. The Balaban J connectivity index is 2.13. The zero-order valence-electron chi connectivity index (χ0n) is 9.26. The number of ether oxygens (including phenoxy) is 1. The fraction of sp³-hybridized carbons (Fsp3) is 0.778. The van der Waals surface area contributed by atoms with E-state index < -0.39 is 49.3 Å². The van der Waals surface area contributed by atoms with E-state index in [4.69, 9.17) is 9.84 Å². The second-order valence-corrected chi connectivity index (χ2v) is 4.17. The summed E-state index contributed by atoms with van der Waals surface area (Å²) in [6.45, 7) is -0.440. The number of nitrogens with zero attached hydrogens (tertiary/aromatic N) is 1. The predicted molar refractivity (Wildman–Crippen MR) is 53.8 cm³/mol. The van der Waals surface area contributed by atoms with Gasteiger partial charge in [0.1, 0.15) is 12.3 Å². The van der Waals surface area contributed by atoms with Gasteiger partial charge in [-0.3, -0.25) is 15.0 Å². The van der Waals surface area contributed by atoms with E-state index in [1.807, 2.05) is 5.32 Å². The molecular formula is C9H14N2O7. The number of carbonyl (C=O) groups is 2. The highest BCUT2D eigenvalue weighted by Crippen LogP contribution is 2.26. The van der Waals surface area contributed by atoms with Gasteiger partial charge in [-0.25, -0.2) is 4.79 Å². The largest absolute Gasteiger partial charge is 0.394 e. The number of aliphatic hydroxyl groups excluding tert-OH is 4. The fourth-order valence-corrected chi connectivity index (χ4v) is 2.00. The van der Waals surface area contributed by atoms with Crippen LogP contribution < -0.4 is 5.32 Å². The van der Waals surface area contributed by atoms with Gasteiger partial charge in [-0.05, 0) is 0 Å². The molecule has 9 heteroatoms. The molecule has 102 valence electrons. The van der Waals surface area contributed by atoms with Gasteiger partial charge in [0.05, 0.1) is 12.7 Å². The molecule has 0 aromatic rings. The van der Waals surface area contributed by atoms with Gasteiger partial charge in [-0.1, -0.05) is 0 Å². The molecule has 5 N–H and O–H groups in total. The lowest BCUT2D eigenvalue weighted by molar-refractivity contribution is -0.167. The molecule has 2 rings (SSSR count). The van der Waals surface area contributed by atoms with Crippen molar-refractivity contribution in [2.45, 2.75) is 37.2 Å². The Labute approximate surface area is 102 Å². The average molecular weight is 262 g/mol. The van der Waals surface area contributed by atoms with Gasteiger partial charge in [0.15, 0.2) is 12.3 Å². The number of amides is 3. The summed E-state index contributed by atoms with van der Waals surface area (Å²) >= 11 is 0. The highest BCUT2D eigenvalue weighted by molar-refractivity contribution is 5.99. The van der Waals surface area contributed by atoms with Crippen molar-refractivity contribution < 1.29 is 34.8 Å². The summed E-state index contributed by atoms with van der Waals surface area (Å²) in [4.78, 5) is 23.3. The SMILES string of the molecule is O=C1NC(=O)N([C@H]2C[C@H](O)[C@@H](CO)O2)[C@H](O)[C@@H]1O. The summed E-state index contributed by atoms with van der Waals surface area (Å²) in [5.41, 5.74) is 0. The Bertz CT molecular complexity index is 363. The molecule has 0 radical (unpaired) electrons. The second kappa shape index (κ2) is 4.78. The van der Waals surface area contributed by atoms with Gasteiger partial charge in [-0.15, -0.1) is 0 Å². The lowest BCUT2D eigenvalue weighted by Crippen LogP contribution is -2.65. The van der Waals surface area contributed by atoms with E-state index in [0.29, 0.717) is 0 Å². The van der Waals surface area contributed by atoms with Gasteiger partial charge in [0, 0.05) is 6.42 Å². The first kappa shape index (κ1) is 13.2. The Hall–Kier alpha value is -1.26. The first-order valence-corrected chi connectivity index (χ1v) is 5.39. The smallest absolute Gasteiger partial charge is 0.328 e. The molecule has 9 nitrogen and oxygen atoms in total. The minimum absolute atomic E-state index is 0.0311. The highest BCUT2D eigenvalue weighted by Gasteiger charge is 2.47. The third-order valence-electron chi connectivity index (χ3n) is 3.00. The van der Waals surface area contributed by atoms with E-state index in [-0.39, 0.29) is 6.42 Å². The van der Waals surface area contributed by atoms with Crippen LogP contribution in [0, 0.1) is 0 Å². The van der Waals surface area contributed by atoms with Crippen molar-refractivity contribution in [2.75, 3.05) is 6.61 Å². The molecule has 0 aromatic carbocycles. The summed E-state index contributed by atoms with van der Waals surface area (Å²) in [6.07, 6.45) is -6.44.